The second-order valence-electron chi connectivity index (χ2n) is 9.14. The zero-order chi connectivity index (χ0) is 24.3. The topological polar surface area (TPSA) is 87.7 Å². The van der Waals surface area contributed by atoms with Gasteiger partial charge >= 0.3 is 0 Å². The van der Waals surface area contributed by atoms with Crippen LogP contribution in [0.5, 0.6) is 5.88 Å². The van der Waals surface area contributed by atoms with E-state index < -0.39 is 10.0 Å². The van der Waals surface area contributed by atoms with Gasteiger partial charge in [-0.25, -0.2) is 13.4 Å². The summed E-state index contributed by atoms with van der Waals surface area (Å²) in [6.07, 6.45) is 7.22. The molecule has 3 heterocycles. The van der Waals surface area contributed by atoms with Gasteiger partial charge in [-0.3, -0.25) is 19.5 Å². The SMILES string of the molecule is COc1ncccc1S(=O)(=O)Nc1ccnc(-c2ccc(CN3CCN(C4CCC4)CC3)cc2)c1. The molecule has 1 aliphatic heterocycles. The van der Waals surface area contributed by atoms with E-state index in [-0.39, 0.29) is 10.8 Å². The number of nitrogens with one attached hydrogen (secondary N) is 1. The van der Waals surface area contributed by atoms with Crippen LogP contribution >= 0.6 is 0 Å². The van der Waals surface area contributed by atoms with E-state index >= 15 is 0 Å². The van der Waals surface area contributed by atoms with Crippen LogP contribution < -0.4 is 9.46 Å². The third kappa shape index (κ3) is 5.47. The molecule has 8 nitrogen and oxygen atoms in total. The van der Waals surface area contributed by atoms with Crippen molar-refractivity contribution < 1.29 is 13.2 Å². The summed E-state index contributed by atoms with van der Waals surface area (Å²) in [4.78, 5) is 13.6. The van der Waals surface area contributed by atoms with Crippen LogP contribution in [-0.2, 0) is 16.6 Å². The van der Waals surface area contributed by atoms with Crippen molar-refractivity contribution in [1.29, 1.82) is 0 Å². The summed E-state index contributed by atoms with van der Waals surface area (Å²) in [6, 6.07) is 15.6. The highest BCUT2D eigenvalue weighted by Gasteiger charge is 2.27. The highest BCUT2D eigenvalue weighted by Crippen LogP contribution is 2.27. The van der Waals surface area contributed by atoms with E-state index in [0.29, 0.717) is 11.4 Å². The maximum absolute atomic E-state index is 12.9. The lowest BCUT2D eigenvalue weighted by Gasteiger charge is -2.43. The fourth-order valence-electron chi connectivity index (χ4n) is 4.67. The van der Waals surface area contributed by atoms with Crippen molar-refractivity contribution in [2.75, 3.05) is 38.0 Å². The lowest BCUT2D eigenvalue weighted by molar-refractivity contribution is 0.0587. The van der Waals surface area contributed by atoms with Gasteiger partial charge in [-0.2, -0.15) is 0 Å². The third-order valence-corrected chi connectivity index (χ3v) is 8.28. The molecule has 2 fully saturated rings. The molecule has 184 valence electrons. The minimum atomic E-state index is -3.86. The lowest BCUT2D eigenvalue weighted by atomic mass is 9.91. The second kappa shape index (κ2) is 10.3. The molecule has 1 aromatic carbocycles. The molecule has 0 amide bonds. The Labute approximate surface area is 207 Å². The van der Waals surface area contributed by atoms with Crippen LogP contribution in [0.4, 0.5) is 5.69 Å². The Morgan fingerprint density at radius 2 is 1.77 bits per heavy atom. The molecule has 5 rings (SSSR count). The number of pyridine rings is 2. The molecule has 1 N–H and O–H groups in total. The number of rotatable bonds is 8. The molecule has 1 saturated carbocycles. The van der Waals surface area contributed by atoms with Crippen molar-refractivity contribution in [1.82, 2.24) is 19.8 Å². The van der Waals surface area contributed by atoms with Crippen LogP contribution in [0.2, 0.25) is 0 Å². The smallest absolute Gasteiger partial charge is 0.267 e. The Kier molecular flexibility index (Phi) is 6.99. The van der Waals surface area contributed by atoms with Crippen molar-refractivity contribution in [2.45, 2.75) is 36.7 Å². The summed E-state index contributed by atoms with van der Waals surface area (Å²) in [5, 5.41) is 0. The molecule has 0 radical (unpaired) electrons. The molecule has 2 aliphatic rings. The molecule has 1 saturated heterocycles. The zero-order valence-electron chi connectivity index (χ0n) is 19.9. The Morgan fingerprint density at radius 3 is 2.46 bits per heavy atom. The number of anilines is 1. The molecular formula is C26H31N5O3S. The minimum Gasteiger partial charge on any atom is -0.480 e. The Hall–Kier alpha value is -3.01. The fraction of sp³-hybridized carbons (Fsp3) is 0.385. The number of sulfonamides is 1. The van der Waals surface area contributed by atoms with Gasteiger partial charge in [-0.15, -0.1) is 0 Å². The van der Waals surface area contributed by atoms with E-state index in [1.807, 2.05) is 12.1 Å². The summed E-state index contributed by atoms with van der Waals surface area (Å²) < 4.78 is 33.5. The first-order chi connectivity index (χ1) is 17.0. The first-order valence-electron chi connectivity index (χ1n) is 12.1. The molecule has 0 bridgehead atoms. The largest absolute Gasteiger partial charge is 0.480 e. The van der Waals surface area contributed by atoms with Crippen molar-refractivity contribution in [3.05, 3.63) is 66.5 Å². The summed E-state index contributed by atoms with van der Waals surface area (Å²) in [6.45, 7) is 5.51. The molecule has 3 aromatic rings. The van der Waals surface area contributed by atoms with Crippen LogP contribution in [-0.4, -0.2) is 67.5 Å². The first-order valence-corrected chi connectivity index (χ1v) is 13.5. The van der Waals surface area contributed by atoms with E-state index in [2.05, 4.69) is 36.6 Å². The number of hydrogen-bond acceptors (Lipinski definition) is 7. The Balaban J connectivity index is 1.23. The molecule has 1 aliphatic carbocycles. The highest BCUT2D eigenvalue weighted by atomic mass is 32.2. The van der Waals surface area contributed by atoms with Crippen LogP contribution in [0, 0.1) is 0 Å². The van der Waals surface area contributed by atoms with Gasteiger partial charge in [0.25, 0.3) is 10.0 Å². The van der Waals surface area contributed by atoms with E-state index in [1.165, 1.54) is 57.3 Å². The summed E-state index contributed by atoms with van der Waals surface area (Å²) in [7, 11) is -2.47. The first kappa shape index (κ1) is 23.7. The van der Waals surface area contributed by atoms with Crippen molar-refractivity contribution >= 4 is 15.7 Å². The third-order valence-electron chi connectivity index (χ3n) is 6.89. The van der Waals surface area contributed by atoms with E-state index in [0.717, 1.165) is 31.2 Å². The van der Waals surface area contributed by atoms with Crippen LogP contribution in [0.3, 0.4) is 0 Å². The van der Waals surface area contributed by atoms with Gasteiger partial charge < -0.3 is 4.74 Å². The number of methoxy groups -OCH3 is 1. The zero-order valence-corrected chi connectivity index (χ0v) is 20.7. The van der Waals surface area contributed by atoms with Gasteiger partial charge in [-0.1, -0.05) is 30.7 Å². The maximum atomic E-state index is 12.9. The number of nitrogens with zero attached hydrogens (tertiary/aromatic N) is 4. The molecule has 9 heteroatoms. The Bertz CT molecular complexity index is 1250. The number of ether oxygens (including phenoxy) is 1. The van der Waals surface area contributed by atoms with Gasteiger partial charge in [0, 0.05) is 56.7 Å². The van der Waals surface area contributed by atoms with E-state index in [1.54, 1.807) is 24.4 Å². The van der Waals surface area contributed by atoms with E-state index in [9.17, 15) is 8.42 Å². The van der Waals surface area contributed by atoms with E-state index in [4.69, 9.17) is 4.74 Å². The van der Waals surface area contributed by atoms with Crippen LogP contribution in [0.25, 0.3) is 11.3 Å². The van der Waals surface area contributed by atoms with Gasteiger partial charge in [-0.05, 0) is 42.7 Å². The Morgan fingerprint density at radius 1 is 1.00 bits per heavy atom. The number of aromatic nitrogens is 2. The number of piperazine rings is 1. The number of hydrogen-bond donors (Lipinski definition) is 1. The van der Waals surface area contributed by atoms with Gasteiger partial charge in [0.05, 0.1) is 18.5 Å². The maximum Gasteiger partial charge on any atom is 0.267 e. The van der Waals surface area contributed by atoms with Crippen molar-refractivity contribution in [3.8, 4) is 17.1 Å². The predicted molar refractivity (Wildman–Crippen MR) is 136 cm³/mol. The predicted octanol–water partition coefficient (Wildman–Crippen LogP) is 3.62. The number of benzene rings is 1. The van der Waals surface area contributed by atoms with Gasteiger partial charge in [0.1, 0.15) is 4.90 Å². The fourth-order valence-corrected chi connectivity index (χ4v) is 5.84. The van der Waals surface area contributed by atoms with Gasteiger partial charge in [0.2, 0.25) is 5.88 Å². The summed E-state index contributed by atoms with van der Waals surface area (Å²) in [5.74, 6) is 0.0503. The second-order valence-corrected chi connectivity index (χ2v) is 10.8. The lowest BCUT2D eigenvalue weighted by Crippen LogP contribution is -2.51. The minimum absolute atomic E-state index is 0.0151. The monoisotopic (exact) mass is 493 g/mol. The molecular weight excluding hydrogens is 462 g/mol. The summed E-state index contributed by atoms with van der Waals surface area (Å²) in [5.41, 5.74) is 3.33. The van der Waals surface area contributed by atoms with Crippen LogP contribution in [0.15, 0.2) is 65.8 Å². The average molecular weight is 494 g/mol. The normalized spacial score (nSPS) is 17.6. The molecule has 0 unspecified atom stereocenters. The quantitative estimate of drug-likeness (QED) is 0.513. The average Bonchev–Trinajstić information content (AvgIpc) is 2.84. The van der Waals surface area contributed by atoms with Gasteiger partial charge in [0.15, 0.2) is 0 Å². The molecule has 2 aromatic heterocycles. The standard InChI is InChI=1S/C26H31N5O3S/c1-34-26-25(6-3-12-28-26)35(32,33)29-22-11-13-27-24(18-22)21-9-7-20(8-10-21)19-30-14-16-31(17-15-30)23-4-2-5-23/h3,6-13,18,23H,2,4-5,14-17,19H2,1H3,(H,27,29). The summed E-state index contributed by atoms with van der Waals surface area (Å²) >= 11 is 0. The molecule has 35 heavy (non-hydrogen) atoms. The highest BCUT2D eigenvalue weighted by molar-refractivity contribution is 7.92. The van der Waals surface area contributed by atoms with Crippen molar-refractivity contribution in [2.24, 2.45) is 0 Å². The van der Waals surface area contributed by atoms with Crippen LogP contribution in [0.1, 0.15) is 24.8 Å². The molecule has 0 atom stereocenters. The van der Waals surface area contributed by atoms with Crippen molar-refractivity contribution in [3.63, 3.8) is 0 Å². The molecule has 0 spiro atoms.